The third-order valence-electron chi connectivity index (χ3n) is 8.10. The van der Waals surface area contributed by atoms with Gasteiger partial charge in [-0.05, 0) is 44.1 Å². The van der Waals surface area contributed by atoms with Crippen molar-refractivity contribution in [1.29, 1.82) is 5.26 Å². The average molecular weight is 501 g/mol. The first-order chi connectivity index (χ1) is 17.3. The first-order valence-corrected chi connectivity index (χ1v) is 12.5. The van der Waals surface area contributed by atoms with Crippen LogP contribution in [0.1, 0.15) is 50.5 Å². The van der Waals surface area contributed by atoms with Crippen molar-refractivity contribution >= 4 is 17.9 Å². The van der Waals surface area contributed by atoms with Crippen molar-refractivity contribution in [2.45, 2.75) is 69.3 Å². The summed E-state index contributed by atoms with van der Waals surface area (Å²) in [4.78, 5) is 42.1. The summed E-state index contributed by atoms with van der Waals surface area (Å²) in [5.74, 6) is -0.558. The van der Waals surface area contributed by atoms with Crippen LogP contribution in [-0.2, 0) is 20.9 Å². The van der Waals surface area contributed by atoms with Gasteiger partial charge >= 0.3 is 6.09 Å². The zero-order valence-corrected chi connectivity index (χ0v) is 20.3. The Morgan fingerprint density at radius 3 is 2.44 bits per heavy atom. The minimum absolute atomic E-state index is 0.0304. The van der Waals surface area contributed by atoms with Gasteiger partial charge < -0.3 is 20.1 Å². The Labute approximate surface area is 210 Å². The lowest BCUT2D eigenvalue weighted by Gasteiger charge is -2.56. The van der Waals surface area contributed by atoms with E-state index in [2.05, 4.69) is 5.32 Å². The van der Waals surface area contributed by atoms with E-state index in [1.54, 1.807) is 0 Å². The zero-order valence-electron chi connectivity index (χ0n) is 20.3. The standard InChI is InChI=1S/C26H33FN4O5/c27-20-14-21(15-28)30(16-20)22(33)17-31(24(35)36-18-19-4-2-1-3-5-19)26-9-6-25(7-10-26,8-11-26)23(34)29-12-13-32/h1-5,20-21,32H,6-14,16-18H2,(H,29,34)/t20-,21-,25?,26?/m0/s1. The van der Waals surface area contributed by atoms with Crippen molar-refractivity contribution in [2.24, 2.45) is 5.41 Å². The van der Waals surface area contributed by atoms with Gasteiger partial charge in [0.2, 0.25) is 11.8 Å². The molecule has 194 valence electrons. The van der Waals surface area contributed by atoms with Crippen LogP contribution in [0.2, 0.25) is 0 Å². The molecule has 1 aliphatic heterocycles. The second-order valence-corrected chi connectivity index (χ2v) is 10.1. The molecule has 2 bridgehead atoms. The quantitative estimate of drug-likeness (QED) is 0.565. The number of carbonyl (C=O) groups excluding carboxylic acids is 3. The lowest BCUT2D eigenvalue weighted by molar-refractivity contribution is -0.145. The maximum Gasteiger partial charge on any atom is 0.411 e. The molecule has 4 aliphatic rings. The minimum Gasteiger partial charge on any atom is -0.445 e. The monoisotopic (exact) mass is 500 g/mol. The van der Waals surface area contributed by atoms with E-state index in [9.17, 15) is 24.0 Å². The van der Waals surface area contributed by atoms with E-state index in [1.165, 1.54) is 9.80 Å². The van der Waals surface area contributed by atoms with E-state index in [0.29, 0.717) is 38.5 Å². The molecule has 1 aromatic rings. The fourth-order valence-electron chi connectivity index (χ4n) is 5.90. The molecule has 0 radical (unpaired) electrons. The van der Waals surface area contributed by atoms with Gasteiger partial charge in [-0.2, -0.15) is 5.26 Å². The largest absolute Gasteiger partial charge is 0.445 e. The van der Waals surface area contributed by atoms with Crippen LogP contribution in [0.25, 0.3) is 0 Å². The van der Waals surface area contributed by atoms with Crippen molar-refractivity contribution in [3.05, 3.63) is 35.9 Å². The molecule has 2 atom stereocenters. The van der Waals surface area contributed by atoms with Gasteiger partial charge in [-0.25, -0.2) is 9.18 Å². The van der Waals surface area contributed by atoms with Gasteiger partial charge in [-0.1, -0.05) is 30.3 Å². The van der Waals surface area contributed by atoms with Crippen LogP contribution in [0.5, 0.6) is 0 Å². The number of nitrogens with zero attached hydrogens (tertiary/aromatic N) is 3. The highest BCUT2D eigenvalue weighted by Crippen LogP contribution is 2.55. The molecule has 0 spiro atoms. The minimum atomic E-state index is -1.27. The van der Waals surface area contributed by atoms with Crippen LogP contribution in [-0.4, -0.2) is 76.8 Å². The first kappa shape index (κ1) is 25.9. The van der Waals surface area contributed by atoms with E-state index < -0.39 is 35.2 Å². The summed E-state index contributed by atoms with van der Waals surface area (Å²) in [6.45, 7) is -0.350. The van der Waals surface area contributed by atoms with Crippen molar-refractivity contribution in [1.82, 2.24) is 15.1 Å². The van der Waals surface area contributed by atoms with Gasteiger partial charge in [0.15, 0.2) is 0 Å². The number of aliphatic hydroxyl groups excluding tert-OH is 1. The number of benzene rings is 1. The lowest BCUT2D eigenvalue weighted by Crippen LogP contribution is -2.63. The fraction of sp³-hybridized carbons (Fsp3) is 0.615. The molecule has 1 heterocycles. The predicted molar refractivity (Wildman–Crippen MR) is 127 cm³/mol. The van der Waals surface area contributed by atoms with Crippen molar-refractivity contribution in [3.63, 3.8) is 0 Å². The summed E-state index contributed by atoms with van der Waals surface area (Å²) in [5, 5.41) is 21.2. The Kier molecular flexibility index (Phi) is 7.79. The van der Waals surface area contributed by atoms with E-state index >= 15 is 0 Å². The number of nitriles is 1. The number of amides is 3. The number of fused-ring (bicyclic) bond motifs is 3. The van der Waals surface area contributed by atoms with Crippen molar-refractivity contribution in [2.75, 3.05) is 26.2 Å². The van der Waals surface area contributed by atoms with Crippen LogP contribution in [0.15, 0.2) is 30.3 Å². The Bertz CT molecular complexity index is 989. The summed E-state index contributed by atoms with van der Waals surface area (Å²) >= 11 is 0. The van der Waals surface area contributed by atoms with Gasteiger partial charge in [0.05, 0.1) is 19.2 Å². The summed E-state index contributed by atoms with van der Waals surface area (Å²) < 4.78 is 19.6. The van der Waals surface area contributed by atoms with Gasteiger partial charge in [0.1, 0.15) is 25.4 Å². The van der Waals surface area contributed by atoms with Crippen LogP contribution in [0, 0.1) is 16.7 Å². The number of hydrogen-bond donors (Lipinski definition) is 2. The zero-order chi connectivity index (χ0) is 25.8. The topological polar surface area (TPSA) is 123 Å². The van der Waals surface area contributed by atoms with Crippen LogP contribution in [0.4, 0.5) is 9.18 Å². The molecule has 3 aliphatic carbocycles. The summed E-state index contributed by atoms with van der Waals surface area (Å²) in [5.41, 5.74) is -0.381. The highest BCUT2D eigenvalue weighted by atomic mass is 19.1. The molecule has 36 heavy (non-hydrogen) atoms. The Morgan fingerprint density at radius 1 is 1.17 bits per heavy atom. The molecule has 3 amide bonds. The summed E-state index contributed by atoms with van der Waals surface area (Å²) in [6, 6.07) is 10.4. The Morgan fingerprint density at radius 2 is 1.83 bits per heavy atom. The fourth-order valence-corrected chi connectivity index (χ4v) is 5.90. The number of hydrogen-bond acceptors (Lipinski definition) is 6. The highest BCUT2D eigenvalue weighted by molar-refractivity contribution is 5.85. The van der Waals surface area contributed by atoms with E-state index in [-0.39, 0.29) is 45.2 Å². The number of rotatable bonds is 8. The molecule has 0 aromatic heterocycles. The molecule has 3 saturated carbocycles. The number of alkyl halides is 1. The third kappa shape index (κ3) is 5.16. The van der Waals surface area contributed by atoms with E-state index in [1.807, 2.05) is 36.4 Å². The molecule has 10 heteroatoms. The highest BCUT2D eigenvalue weighted by Gasteiger charge is 2.56. The normalized spacial score (nSPS) is 28.9. The molecule has 4 fully saturated rings. The van der Waals surface area contributed by atoms with Gasteiger partial charge in [-0.15, -0.1) is 0 Å². The molecule has 9 nitrogen and oxygen atoms in total. The number of carbonyl (C=O) groups is 3. The first-order valence-electron chi connectivity index (χ1n) is 12.5. The second kappa shape index (κ2) is 10.8. The Balaban J connectivity index is 1.51. The number of likely N-dealkylation sites (tertiary alicyclic amines) is 1. The van der Waals surface area contributed by atoms with Gasteiger partial charge in [-0.3, -0.25) is 14.5 Å². The molecule has 2 N–H and O–H groups in total. The smallest absolute Gasteiger partial charge is 0.411 e. The number of halogens is 1. The maximum atomic E-state index is 14.0. The van der Waals surface area contributed by atoms with Gasteiger partial charge in [0.25, 0.3) is 0 Å². The van der Waals surface area contributed by atoms with E-state index in [4.69, 9.17) is 9.84 Å². The average Bonchev–Trinajstić information content (AvgIpc) is 3.31. The SMILES string of the molecule is N#C[C@@H]1C[C@H](F)CN1C(=O)CN(C(=O)OCc1ccccc1)C12CCC(C(=O)NCCO)(CC1)CC2. The van der Waals surface area contributed by atoms with Crippen LogP contribution < -0.4 is 5.32 Å². The van der Waals surface area contributed by atoms with Gasteiger partial charge in [0, 0.05) is 23.9 Å². The second-order valence-electron chi connectivity index (χ2n) is 10.1. The van der Waals surface area contributed by atoms with Crippen molar-refractivity contribution < 1.29 is 28.6 Å². The lowest BCUT2D eigenvalue weighted by atomic mass is 9.56. The molecular formula is C26H33FN4O5. The summed E-state index contributed by atoms with van der Waals surface area (Å²) in [7, 11) is 0. The Hall–Kier alpha value is -3.19. The maximum absolute atomic E-state index is 14.0. The predicted octanol–water partition coefficient (Wildman–Crippen LogP) is 2.29. The molecule has 5 rings (SSSR count). The molecule has 0 unspecified atom stereocenters. The van der Waals surface area contributed by atoms with Crippen LogP contribution in [0.3, 0.4) is 0 Å². The molecule has 1 saturated heterocycles. The number of aliphatic hydroxyl groups is 1. The van der Waals surface area contributed by atoms with Crippen molar-refractivity contribution in [3.8, 4) is 6.07 Å². The van der Waals surface area contributed by atoms with E-state index in [0.717, 1.165) is 5.56 Å². The third-order valence-corrected chi connectivity index (χ3v) is 8.10. The number of ether oxygens (including phenoxy) is 1. The van der Waals surface area contributed by atoms with Crippen LogP contribution >= 0.6 is 0 Å². The number of nitrogens with one attached hydrogen (secondary N) is 1. The summed E-state index contributed by atoms with van der Waals surface area (Å²) in [6.07, 6.45) is 1.32. The molecule has 1 aromatic carbocycles. The molecular weight excluding hydrogens is 467 g/mol.